The Hall–Kier alpha value is -2.02. The summed E-state index contributed by atoms with van der Waals surface area (Å²) in [5.74, 6) is 0.109. The molecule has 0 spiro atoms. The first kappa shape index (κ1) is 17.8. The third-order valence-electron chi connectivity index (χ3n) is 3.45. The van der Waals surface area contributed by atoms with Gasteiger partial charge in [-0.2, -0.15) is 0 Å². The molecule has 25 heavy (non-hydrogen) atoms. The standard InChI is InChI=1S/C17H13Cl2N3O2S/c18-12-5-3-6-13(19)11(12)8-25-9-15(23)21-22-16-10-4-1-2-7-14(10)20-17(16)24/h1-7,20,24H,8-9H2. The van der Waals surface area contributed by atoms with Crippen LogP contribution in [-0.2, 0) is 10.5 Å². The van der Waals surface area contributed by atoms with E-state index in [1.807, 2.05) is 12.1 Å². The second-order valence-electron chi connectivity index (χ2n) is 5.15. The lowest BCUT2D eigenvalue weighted by atomic mass is 10.2. The summed E-state index contributed by atoms with van der Waals surface area (Å²) in [6.07, 6.45) is 0. The predicted molar refractivity (Wildman–Crippen MR) is 102 cm³/mol. The molecule has 0 fully saturated rings. The third-order valence-corrected chi connectivity index (χ3v) is 5.11. The van der Waals surface area contributed by atoms with Gasteiger partial charge in [-0.05, 0) is 23.8 Å². The normalized spacial score (nSPS) is 11.4. The number of aromatic hydroxyl groups is 1. The molecular weight excluding hydrogens is 381 g/mol. The number of nitrogens with zero attached hydrogens (tertiary/aromatic N) is 2. The SMILES string of the molecule is O=C(CSCc1c(Cl)cccc1Cl)N=Nc1c(O)[nH]c2ccccc12. The first-order valence-corrected chi connectivity index (χ1v) is 9.22. The number of hydrogen-bond acceptors (Lipinski definition) is 4. The zero-order chi connectivity index (χ0) is 17.8. The molecular formula is C17H13Cl2N3O2S. The quantitative estimate of drug-likeness (QED) is 0.543. The lowest BCUT2D eigenvalue weighted by Gasteiger charge is -2.05. The number of azo groups is 1. The lowest BCUT2D eigenvalue weighted by Crippen LogP contribution is -1.97. The van der Waals surface area contributed by atoms with E-state index in [-0.39, 0.29) is 17.3 Å². The fourth-order valence-electron chi connectivity index (χ4n) is 2.26. The van der Waals surface area contributed by atoms with Crippen LogP contribution in [0.5, 0.6) is 5.88 Å². The molecule has 0 atom stereocenters. The Kier molecular flexibility index (Phi) is 5.63. The molecule has 0 saturated heterocycles. The minimum Gasteiger partial charge on any atom is -0.493 e. The van der Waals surface area contributed by atoms with Gasteiger partial charge in [0.1, 0.15) is 0 Å². The van der Waals surface area contributed by atoms with E-state index in [2.05, 4.69) is 15.2 Å². The van der Waals surface area contributed by atoms with Crippen LogP contribution in [0.3, 0.4) is 0 Å². The first-order chi connectivity index (χ1) is 12.1. The number of carbonyl (C=O) groups excluding carboxylic acids is 1. The monoisotopic (exact) mass is 393 g/mol. The average Bonchev–Trinajstić information content (AvgIpc) is 2.91. The van der Waals surface area contributed by atoms with E-state index in [4.69, 9.17) is 23.2 Å². The van der Waals surface area contributed by atoms with E-state index in [0.717, 1.165) is 11.1 Å². The Morgan fingerprint density at radius 3 is 2.60 bits per heavy atom. The largest absolute Gasteiger partial charge is 0.493 e. The number of rotatable bonds is 5. The van der Waals surface area contributed by atoms with Crippen molar-refractivity contribution < 1.29 is 9.90 Å². The second kappa shape index (κ2) is 7.91. The van der Waals surface area contributed by atoms with E-state index < -0.39 is 5.91 Å². The predicted octanol–water partition coefficient (Wildman–Crippen LogP) is 5.72. The van der Waals surface area contributed by atoms with Gasteiger partial charge in [0.05, 0.1) is 11.3 Å². The second-order valence-corrected chi connectivity index (χ2v) is 6.95. The van der Waals surface area contributed by atoms with Gasteiger partial charge in [-0.1, -0.05) is 47.5 Å². The van der Waals surface area contributed by atoms with Crippen molar-refractivity contribution in [2.24, 2.45) is 10.2 Å². The minimum atomic E-state index is -0.405. The van der Waals surface area contributed by atoms with Gasteiger partial charge in [0.15, 0.2) is 5.69 Å². The van der Waals surface area contributed by atoms with Crippen molar-refractivity contribution in [1.82, 2.24) is 4.98 Å². The molecule has 2 N–H and O–H groups in total. The maximum atomic E-state index is 11.9. The van der Waals surface area contributed by atoms with Crippen LogP contribution in [0.15, 0.2) is 52.7 Å². The summed E-state index contributed by atoms with van der Waals surface area (Å²) in [5.41, 5.74) is 1.77. The van der Waals surface area contributed by atoms with Gasteiger partial charge in [-0.25, -0.2) is 0 Å². The van der Waals surface area contributed by atoms with Crippen LogP contribution in [0.25, 0.3) is 10.9 Å². The molecule has 0 radical (unpaired) electrons. The fraction of sp³-hybridized carbons (Fsp3) is 0.118. The van der Waals surface area contributed by atoms with Gasteiger partial charge in [-0.3, -0.25) is 4.79 Å². The summed E-state index contributed by atoms with van der Waals surface area (Å²) in [6, 6.07) is 12.5. The third kappa shape index (κ3) is 4.15. The highest BCUT2D eigenvalue weighted by molar-refractivity contribution is 7.99. The Labute approximate surface area is 158 Å². The van der Waals surface area contributed by atoms with Crippen LogP contribution >= 0.6 is 35.0 Å². The summed E-state index contributed by atoms with van der Waals surface area (Å²) in [7, 11) is 0. The maximum Gasteiger partial charge on any atom is 0.274 e. The first-order valence-electron chi connectivity index (χ1n) is 7.31. The minimum absolute atomic E-state index is 0.117. The summed E-state index contributed by atoms with van der Waals surface area (Å²) in [4.78, 5) is 14.7. The van der Waals surface area contributed by atoms with E-state index in [0.29, 0.717) is 21.2 Å². The van der Waals surface area contributed by atoms with Crippen LogP contribution < -0.4 is 0 Å². The van der Waals surface area contributed by atoms with Crippen molar-refractivity contribution in [1.29, 1.82) is 0 Å². The number of aromatic nitrogens is 1. The van der Waals surface area contributed by atoms with Gasteiger partial charge < -0.3 is 10.1 Å². The van der Waals surface area contributed by atoms with Crippen molar-refractivity contribution >= 4 is 57.5 Å². The highest BCUT2D eigenvalue weighted by Gasteiger charge is 2.11. The van der Waals surface area contributed by atoms with Crippen molar-refractivity contribution in [3.05, 3.63) is 58.1 Å². The molecule has 1 aromatic heterocycles. The molecule has 5 nitrogen and oxygen atoms in total. The molecule has 0 aliphatic heterocycles. The number of thioether (sulfide) groups is 1. The smallest absolute Gasteiger partial charge is 0.274 e. The molecule has 0 unspecified atom stereocenters. The fourth-order valence-corrected chi connectivity index (χ4v) is 3.80. The van der Waals surface area contributed by atoms with E-state index >= 15 is 0 Å². The molecule has 1 heterocycles. The van der Waals surface area contributed by atoms with Crippen LogP contribution in [0, 0.1) is 0 Å². The van der Waals surface area contributed by atoms with Gasteiger partial charge in [0, 0.05) is 21.2 Å². The molecule has 128 valence electrons. The van der Waals surface area contributed by atoms with Gasteiger partial charge >= 0.3 is 0 Å². The summed E-state index contributed by atoms with van der Waals surface area (Å²) in [5, 5.41) is 19.3. The van der Waals surface area contributed by atoms with E-state index in [9.17, 15) is 9.90 Å². The number of halogens is 2. The molecule has 3 rings (SSSR count). The molecule has 3 aromatic rings. The Bertz CT molecular complexity index is 936. The molecule has 2 aromatic carbocycles. The summed E-state index contributed by atoms with van der Waals surface area (Å²) in [6.45, 7) is 0. The number of fused-ring (bicyclic) bond motifs is 1. The number of benzene rings is 2. The number of H-pyrrole nitrogens is 1. The molecule has 0 aliphatic carbocycles. The molecule has 0 bridgehead atoms. The lowest BCUT2D eigenvalue weighted by molar-refractivity contribution is -0.115. The van der Waals surface area contributed by atoms with Crippen molar-refractivity contribution in [3.63, 3.8) is 0 Å². The zero-order valence-electron chi connectivity index (χ0n) is 12.9. The summed E-state index contributed by atoms with van der Waals surface area (Å²) < 4.78 is 0. The number of amides is 1. The molecule has 1 amide bonds. The Balaban J connectivity index is 1.62. The van der Waals surface area contributed by atoms with Crippen LogP contribution in [0.1, 0.15) is 5.56 Å². The van der Waals surface area contributed by atoms with Crippen molar-refractivity contribution in [2.45, 2.75) is 5.75 Å². The highest BCUT2D eigenvalue weighted by Crippen LogP contribution is 2.35. The van der Waals surface area contributed by atoms with Crippen LogP contribution in [0.4, 0.5) is 5.69 Å². The number of hydrogen-bond donors (Lipinski definition) is 2. The van der Waals surface area contributed by atoms with Crippen molar-refractivity contribution in [2.75, 3.05) is 5.75 Å². The molecule has 0 aliphatic rings. The molecule has 8 heteroatoms. The Morgan fingerprint density at radius 2 is 1.84 bits per heavy atom. The topological polar surface area (TPSA) is 77.8 Å². The Morgan fingerprint density at radius 1 is 1.12 bits per heavy atom. The number of para-hydroxylation sites is 1. The van der Waals surface area contributed by atoms with Crippen molar-refractivity contribution in [3.8, 4) is 5.88 Å². The number of aromatic amines is 1. The number of nitrogens with one attached hydrogen (secondary N) is 1. The van der Waals surface area contributed by atoms with Crippen LogP contribution in [0.2, 0.25) is 10.0 Å². The van der Waals surface area contributed by atoms with Gasteiger partial charge in [-0.15, -0.1) is 22.0 Å². The van der Waals surface area contributed by atoms with E-state index in [1.165, 1.54) is 11.8 Å². The summed E-state index contributed by atoms with van der Waals surface area (Å²) >= 11 is 13.5. The van der Waals surface area contributed by atoms with Gasteiger partial charge in [0.25, 0.3) is 5.91 Å². The average molecular weight is 394 g/mol. The van der Waals surface area contributed by atoms with Gasteiger partial charge in [0.2, 0.25) is 5.88 Å². The highest BCUT2D eigenvalue weighted by atomic mass is 35.5. The van der Waals surface area contributed by atoms with E-state index in [1.54, 1.807) is 30.3 Å². The van der Waals surface area contributed by atoms with Crippen LogP contribution in [-0.4, -0.2) is 21.8 Å². The zero-order valence-corrected chi connectivity index (χ0v) is 15.2. The number of carbonyl (C=O) groups is 1. The maximum absolute atomic E-state index is 11.9. The molecule has 0 saturated carbocycles.